The average Bonchev–Trinajstić information content (AvgIpc) is 2.85. The monoisotopic (exact) mass is 311 g/mol. The molecule has 0 atom stereocenters. The molecule has 0 aliphatic heterocycles. The summed E-state index contributed by atoms with van der Waals surface area (Å²) >= 11 is 2.92. The minimum Gasteiger partial charge on any atom is -0.300 e. The van der Waals surface area contributed by atoms with Gasteiger partial charge in [-0.2, -0.15) is 0 Å². The first-order valence-electron chi connectivity index (χ1n) is 6.18. The number of hydrogen-bond donors (Lipinski definition) is 1. The second kappa shape index (κ2) is 7.35. The molecular formula is C13H14FN3OS2. The molecule has 0 saturated carbocycles. The molecule has 1 amide bonds. The Labute approximate surface area is 124 Å². The van der Waals surface area contributed by atoms with Crippen molar-refractivity contribution in [1.29, 1.82) is 0 Å². The Morgan fingerprint density at radius 3 is 2.95 bits per heavy atom. The van der Waals surface area contributed by atoms with Crippen LogP contribution in [-0.2, 0) is 11.2 Å². The largest absolute Gasteiger partial charge is 0.300 e. The van der Waals surface area contributed by atoms with Crippen LogP contribution in [0, 0.1) is 5.82 Å². The van der Waals surface area contributed by atoms with Gasteiger partial charge in [-0.25, -0.2) is 4.39 Å². The van der Waals surface area contributed by atoms with E-state index in [4.69, 9.17) is 0 Å². The molecule has 0 bridgehead atoms. The van der Waals surface area contributed by atoms with E-state index in [2.05, 4.69) is 15.5 Å². The zero-order valence-corrected chi connectivity index (χ0v) is 12.6. The van der Waals surface area contributed by atoms with Gasteiger partial charge in [0.2, 0.25) is 11.0 Å². The topological polar surface area (TPSA) is 54.9 Å². The van der Waals surface area contributed by atoms with E-state index in [1.807, 2.05) is 6.92 Å². The summed E-state index contributed by atoms with van der Waals surface area (Å²) in [7, 11) is 0. The van der Waals surface area contributed by atoms with Crippen LogP contribution in [-0.4, -0.2) is 21.9 Å². The highest BCUT2D eigenvalue weighted by atomic mass is 32.2. The number of amides is 1. The standard InChI is InChI=1S/C13H14FN3OS2/c1-2-19-13-17-16-12(20-13)15-11(18)8-7-9-5-3-4-6-10(9)14/h3-6H,2,7-8H2,1H3,(H,15,16,18). The SMILES string of the molecule is CCSc1nnc(NC(=O)CCc2ccccc2F)s1. The van der Waals surface area contributed by atoms with Crippen LogP contribution in [0.15, 0.2) is 28.6 Å². The van der Waals surface area contributed by atoms with Gasteiger partial charge in [0.05, 0.1) is 0 Å². The molecule has 0 spiro atoms. The fourth-order valence-electron chi connectivity index (χ4n) is 1.57. The summed E-state index contributed by atoms with van der Waals surface area (Å²) in [5.41, 5.74) is 0.544. The number of rotatable bonds is 6. The van der Waals surface area contributed by atoms with Gasteiger partial charge in [-0.15, -0.1) is 10.2 Å². The van der Waals surface area contributed by atoms with E-state index in [-0.39, 0.29) is 18.1 Å². The summed E-state index contributed by atoms with van der Waals surface area (Å²) in [6.45, 7) is 2.03. The molecule has 0 aliphatic rings. The summed E-state index contributed by atoms with van der Waals surface area (Å²) < 4.78 is 14.2. The molecule has 20 heavy (non-hydrogen) atoms. The smallest absolute Gasteiger partial charge is 0.226 e. The molecule has 7 heteroatoms. The third-order valence-corrected chi connectivity index (χ3v) is 4.35. The summed E-state index contributed by atoms with van der Waals surface area (Å²) in [5, 5.41) is 11.0. The highest BCUT2D eigenvalue weighted by Crippen LogP contribution is 2.25. The Hall–Kier alpha value is -1.47. The number of aromatic nitrogens is 2. The number of nitrogens with zero attached hydrogens (tertiary/aromatic N) is 2. The fraction of sp³-hybridized carbons (Fsp3) is 0.308. The summed E-state index contributed by atoms with van der Waals surface area (Å²) in [4.78, 5) is 11.8. The van der Waals surface area contributed by atoms with E-state index in [0.717, 1.165) is 10.1 Å². The second-order valence-corrected chi connectivity index (χ2v) is 6.43. The van der Waals surface area contributed by atoms with E-state index >= 15 is 0 Å². The zero-order valence-electron chi connectivity index (χ0n) is 10.9. The van der Waals surface area contributed by atoms with Gasteiger partial charge in [-0.05, 0) is 23.8 Å². The fourth-order valence-corrected chi connectivity index (χ4v) is 3.24. The number of benzene rings is 1. The molecule has 1 N–H and O–H groups in total. The quantitative estimate of drug-likeness (QED) is 0.656. The third kappa shape index (κ3) is 4.28. The van der Waals surface area contributed by atoms with Gasteiger partial charge >= 0.3 is 0 Å². The average molecular weight is 311 g/mol. The number of thioether (sulfide) groups is 1. The molecule has 1 heterocycles. The van der Waals surface area contributed by atoms with Gasteiger partial charge in [-0.3, -0.25) is 4.79 Å². The van der Waals surface area contributed by atoms with Crippen LogP contribution in [0.3, 0.4) is 0 Å². The van der Waals surface area contributed by atoms with Crippen molar-refractivity contribution in [2.75, 3.05) is 11.1 Å². The minimum atomic E-state index is -0.280. The molecule has 2 aromatic rings. The highest BCUT2D eigenvalue weighted by Gasteiger charge is 2.09. The van der Waals surface area contributed by atoms with Crippen molar-refractivity contribution in [2.45, 2.75) is 24.1 Å². The predicted octanol–water partition coefficient (Wildman–Crippen LogP) is 3.36. The van der Waals surface area contributed by atoms with Crippen molar-refractivity contribution in [3.63, 3.8) is 0 Å². The van der Waals surface area contributed by atoms with Crippen molar-refractivity contribution in [3.8, 4) is 0 Å². The van der Waals surface area contributed by atoms with E-state index in [1.54, 1.807) is 30.0 Å². The van der Waals surface area contributed by atoms with Crippen molar-refractivity contribution >= 4 is 34.1 Å². The van der Waals surface area contributed by atoms with Gasteiger partial charge in [0.25, 0.3) is 0 Å². The number of carbonyl (C=O) groups is 1. The van der Waals surface area contributed by atoms with Gasteiger partial charge in [0.1, 0.15) is 5.82 Å². The van der Waals surface area contributed by atoms with E-state index in [9.17, 15) is 9.18 Å². The van der Waals surface area contributed by atoms with Crippen LogP contribution >= 0.6 is 23.1 Å². The van der Waals surface area contributed by atoms with E-state index < -0.39 is 0 Å². The minimum absolute atomic E-state index is 0.183. The molecule has 0 fully saturated rings. The molecule has 2 rings (SSSR count). The van der Waals surface area contributed by atoms with Crippen molar-refractivity contribution in [1.82, 2.24) is 10.2 Å². The van der Waals surface area contributed by atoms with Gasteiger partial charge < -0.3 is 5.32 Å². The normalized spacial score (nSPS) is 10.5. The van der Waals surface area contributed by atoms with Crippen molar-refractivity contribution in [3.05, 3.63) is 35.6 Å². The number of hydrogen-bond acceptors (Lipinski definition) is 5. The summed E-state index contributed by atoms with van der Waals surface area (Å²) in [6, 6.07) is 6.47. The predicted molar refractivity (Wildman–Crippen MR) is 79.7 cm³/mol. The maximum absolute atomic E-state index is 13.4. The Balaban J connectivity index is 1.84. The summed E-state index contributed by atoms with van der Waals surface area (Å²) in [5.74, 6) is 0.450. The second-order valence-electron chi connectivity index (χ2n) is 3.95. The lowest BCUT2D eigenvalue weighted by Crippen LogP contribution is -2.12. The van der Waals surface area contributed by atoms with Crippen LogP contribution in [0.2, 0.25) is 0 Å². The number of halogens is 1. The lowest BCUT2D eigenvalue weighted by atomic mass is 10.1. The number of carbonyl (C=O) groups excluding carboxylic acids is 1. The first-order valence-corrected chi connectivity index (χ1v) is 7.99. The van der Waals surface area contributed by atoms with Crippen LogP contribution < -0.4 is 5.32 Å². The number of anilines is 1. The Kier molecular flexibility index (Phi) is 5.49. The first-order chi connectivity index (χ1) is 9.69. The van der Waals surface area contributed by atoms with Crippen LogP contribution in [0.5, 0.6) is 0 Å². The van der Waals surface area contributed by atoms with E-state index in [0.29, 0.717) is 17.1 Å². The Morgan fingerprint density at radius 1 is 1.40 bits per heavy atom. The molecule has 0 radical (unpaired) electrons. The van der Waals surface area contributed by atoms with E-state index in [1.165, 1.54) is 17.4 Å². The molecule has 0 aliphatic carbocycles. The lowest BCUT2D eigenvalue weighted by molar-refractivity contribution is -0.116. The third-order valence-electron chi connectivity index (χ3n) is 2.50. The molecule has 0 unspecified atom stereocenters. The molecule has 1 aromatic carbocycles. The van der Waals surface area contributed by atoms with Gasteiger partial charge in [0, 0.05) is 6.42 Å². The van der Waals surface area contributed by atoms with Gasteiger partial charge in [-0.1, -0.05) is 48.2 Å². The molecule has 0 saturated heterocycles. The Morgan fingerprint density at radius 2 is 2.20 bits per heavy atom. The van der Waals surface area contributed by atoms with Gasteiger partial charge in [0.15, 0.2) is 4.34 Å². The first kappa shape index (κ1) is 14.9. The van der Waals surface area contributed by atoms with Crippen LogP contribution in [0.25, 0.3) is 0 Å². The molecule has 106 valence electrons. The summed E-state index contributed by atoms with van der Waals surface area (Å²) in [6.07, 6.45) is 0.588. The maximum Gasteiger partial charge on any atom is 0.226 e. The Bertz CT molecular complexity index is 589. The zero-order chi connectivity index (χ0) is 14.4. The highest BCUT2D eigenvalue weighted by molar-refractivity contribution is 8.01. The van der Waals surface area contributed by atoms with Crippen molar-refractivity contribution < 1.29 is 9.18 Å². The maximum atomic E-state index is 13.4. The molecule has 1 aromatic heterocycles. The lowest BCUT2D eigenvalue weighted by Gasteiger charge is -2.02. The van der Waals surface area contributed by atoms with Crippen LogP contribution in [0.1, 0.15) is 18.9 Å². The number of nitrogens with one attached hydrogen (secondary N) is 1. The molecular weight excluding hydrogens is 297 g/mol. The molecule has 4 nitrogen and oxygen atoms in total. The number of aryl methyl sites for hydroxylation is 1. The van der Waals surface area contributed by atoms with Crippen LogP contribution in [0.4, 0.5) is 9.52 Å². The van der Waals surface area contributed by atoms with Crippen molar-refractivity contribution in [2.24, 2.45) is 0 Å².